The fourth-order valence-electron chi connectivity index (χ4n) is 3.27. The van der Waals surface area contributed by atoms with Gasteiger partial charge in [-0.05, 0) is 24.6 Å². The third-order valence-corrected chi connectivity index (χ3v) is 6.53. The van der Waals surface area contributed by atoms with Gasteiger partial charge in [0.1, 0.15) is 30.4 Å². The molecular weight excluding hydrogens is 525 g/mol. The van der Waals surface area contributed by atoms with E-state index in [1.165, 1.54) is 11.8 Å². The molecule has 3 N–H and O–H groups in total. The lowest BCUT2D eigenvalue weighted by molar-refractivity contribution is -0.177. The molecule has 1 aliphatic rings. The fraction of sp³-hybridized carbons (Fsp3) is 0.435. The molecule has 1 amide bonds. The van der Waals surface area contributed by atoms with Crippen LogP contribution in [0, 0.1) is 6.92 Å². The van der Waals surface area contributed by atoms with Gasteiger partial charge in [-0.3, -0.25) is 0 Å². The van der Waals surface area contributed by atoms with Gasteiger partial charge in [-0.25, -0.2) is 4.79 Å². The zero-order valence-corrected chi connectivity index (χ0v) is 21.4. The van der Waals surface area contributed by atoms with Crippen LogP contribution in [0.25, 0.3) is 0 Å². The highest BCUT2D eigenvalue weighted by molar-refractivity contribution is 7.99. The summed E-state index contributed by atoms with van der Waals surface area (Å²) < 4.78 is 14.9. The highest BCUT2D eigenvalue weighted by Gasteiger charge is 2.46. The monoisotopic (exact) mass is 549 g/mol. The molecule has 0 aliphatic carbocycles. The molecule has 1 aliphatic heterocycles. The fourth-order valence-corrected chi connectivity index (χ4v) is 4.57. The van der Waals surface area contributed by atoms with Gasteiger partial charge >= 0.3 is 6.09 Å². The molecule has 7 nitrogen and oxygen atoms in total. The van der Waals surface area contributed by atoms with Crippen LogP contribution in [0.4, 0.5) is 4.79 Å². The average Bonchev–Trinajstić information content (AvgIpc) is 2.80. The molecule has 0 unspecified atom stereocenters. The normalized spacial score (nSPS) is 25.1. The number of nitrogens with one attached hydrogen (secondary N) is 1. The number of amides is 1. The molecule has 1 fully saturated rings. The van der Waals surface area contributed by atoms with E-state index in [0.717, 1.165) is 16.0 Å². The van der Waals surface area contributed by atoms with Gasteiger partial charge in [0.25, 0.3) is 0 Å². The van der Waals surface area contributed by atoms with Gasteiger partial charge in [0.05, 0.1) is 19.3 Å². The number of carbonyl (C=O) groups excluding carboxylic acids is 1. The van der Waals surface area contributed by atoms with Crippen LogP contribution in [0.1, 0.15) is 11.1 Å². The third-order valence-electron chi connectivity index (χ3n) is 5.02. The van der Waals surface area contributed by atoms with Crippen molar-refractivity contribution >= 4 is 52.7 Å². The van der Waals surface area contributed by atoms with Gasteiger partial charge < -0.3 is 29.7 Å². The smallest absolute Gasteiger partial charge is 0.407 e. The van der Waals surface area contributed by atoms with Crippen molar-refractivity contribution in [2.24, 2.45) is 0 Å². The summed E-state index contributed by atoms with van der Waals surface area (Å²) in [6.45, 7) is 1.85. The molecule has 0 aromatic heterocycles. The van der Waals surface area contributed by atoms with E-state index in [0.29, 0.717) is 6.61 Å². The number of halogens is 3. The number of ether oxygens (including phenoxy) is 3. The number of alkyl carbamates (subject to hydrolysis) is 1. The maximum Gasteiger partial charge on any atom is 0.407 e. The zero-order chi connectivity index (χ0) is 24.7. The molecule has 0 radical (unpaired) electrons. The zero-order valence-electron chi connectivity index (χ0n) is 18.3. The topological polar surface area (TPSA) is 97.3 Å². The van der Waals surface area contributed by atoms with Gasteiger partial charge in [-0.15, -0.1) is 0 Å². The van der Waals surface area contributed by atoms with Crippen LogP contribution in [-0.2, 0) is 20.8 Å². The predicted molar refractivity (Wildman–Crippen MR) is 132 cm³/mol. The average molecular weight is 551 g/mol. The van der Waals surface area contributed by atoms with Gasteiger partial charge in [0.15, 0.2) is 0 Å². The summed E-state index contributed by atoms with van der Waals surface area (Å²) in [6, 6.07) is 16.2. The molecule has 2 aromatic carbocycles. The summed E-state index contributed by atoms with van der Waals surface area (Å²) in [5, 5.41) is 24.0. The lowest BCUT2D eigenvalue weighted by atomic mass is 9.98. The van der Waals surface area contributed by atoms with Crippen LogP contribution in [0.15, 0.2) is 59.5 Å². The second-order valence-corrected chi connectivity index (χ2v) is 11.5. The van der Waals surface area contributed by atoms with Gasteiger partial charge in [-0.2, -0.15) is 0 Å². The summed E-state index contributed by atoms with van der Waals surface area (Å²) in [7, 11) is 0. The Morgan fingerprint density at radius 3 is 2.41 bits per heavy atom. The molecule has 2 aromatic rings. The number of thioether (sulfide) groups is 1. The summed E-state index contributed by atoms with van der Waals surface area (Å²) in [6.07, 6.45) is -4.41. The van der Waals surface area contributed by atoms with E-state index in [4.69, 9.17) is 49.0 Å². The second-order valence-electron chi connectivity index (χ2n) is 7.82. The molecule has 5 atom stereocenters. The molecule has 0 spiro atoms. The van der Waals surface area contributed by atoms with Crippen LogP contribution in [0.2, 0.25) is 0 Å². The Balaban J connectivity index is 1.69. The Kier molecular flexibility index (Phi) is 10.2. The predicted octanol–water partition coefficient (Wildman–Crippen LogP) is 4.22. The summed E-state index contributed by atoms with van der Waals surface area (Å²) in [5.74, 6) is 0. The van der Waals surface area contributed by atoms with Crippen molar-refractivity contribution in [3.05, 3.63) is 65.7 Å². The van der Waals surface area contributed by atoms with Crippen LogP contribution in [-0.4, -0.2) is 63.1 Å². The van der Waals surface area contributed by atoms with E-state index in [9.17, 15) is 15.0 Å². The summed E-state index contributed by atoms with van der Waals surface area (Å²) >= 11 is 18.2. The largest absolute Gasteiger partial charge is 0.445 e. The van der Waals surface area contributed by atoms with E-state index >= 15 is 0 Å². The number of benzene rings is 2. The Morgan fingerprint density at radius 2 is 1.76 bits per heavy atom. The molecule has 0 bridgehead atoms. The Hall–Kier alpha value is -1.23. The van der Waals surface area contributed by atoms with E-state index in [1.807, 2.05) is 61.5 Å². The maximum atomic E-state index is 12.3. The number of hydrogen-bond acceptors (Lipinski definition) is 7. The third kappa shape index (κ3) is 8.46. The molecule has 186 valence electrons. The number of alkyl halides is 3. The maximum absolute atomic E-state index is 12.3. The van der Waals surface area contributed by atoms with E-state index in [2.05, 4.69) is 5.32 Å². The summed E-state index contributed by atoms with van der Waals surface area (Å²) in [4.78, 5) is 13.1. The second kappa shape index (κ2) is 12.6. The van der Waals surface area contributed by atoms with Crippen LogP contribution in [0.5, 0.6) is 0 Å². The Morgan fingerprint density at radius 1 is 1.09 bits per heavy atom. The minimum absolute atomic E-state index is 0.0442. The molecule has 34 heavy (non-hydrogen) atoms. The number of aliphatic hydroxyl groups excluding tert-OH is 2. The van der Waals surface area contributed by atoms with Crippen molar-refractivity contribution in [3.63, 3.8) is 0 Å². The van der Waals surface area contributed by atoms with Crippen molar-refractivity contribution in [1.29, 1.82) is 0 Å². The molecule has 1 saturated heterocycles. The van der Waals surface area contributed by atoms with Crippen molar-refractivity contribution in [1.82, 2.24) is 5.32 Å². The van der Waals surface area contributed by atoms with Gasteiger partial charge in [0, 0.05) is 4.90 Å². The first-order chi connectivity index (χ1) is 16.1. The minimum atomic E-state index is -1.78. The first-order valence-corrected chi connectivity index (χ1v) is 12.5. The summed E-state index contributed by atoms with van der Waals surface area (Å²) in [5.41, 5.74) is 1.29. The van der Waals surface area contributed by atoms with Crippen molar-refractivity contribution < 1.29 is 29.2 Å². The lowest BCUT2D eigenvalue weighted by Crippen LogP contribution is -2.63. The van der Waals surface area contributed by atoms with Crippen LogP contribution >= 0.6 is 46.6 Å². The Labute approximate surface area is 217 Å². The highest BCUT2D eigenvalue weighted by atomic mass is 35.6. The van der Waals surface area contributed by atoms with Gasteiger partial charge in [0.2, 0.25) is 3.79 Å². The van der Waals surface area contributed by atoms with Crippen molar-refractivity contribution in [3.8, 4) is 0 Å². The highest BCUT2D eigenvalue weighted by Crippen LogP contribution is 2.34. The molecule has 1 heterocycles. The van der Waals surface area contributed by atoms with Gasteiger partial charge in [-0.1, -0.05) is 94.6 Å². The number of aryl methyl sites for hydroxylation is 1. The minimum Gasteiger partial charge on any atom is -0.445 e. The van der Waals surface area contributed by atoms with Crippen molar-refractivity contribution in [2.45, 2.75) is 52.0 Å². The Bertz CT molecular complexity index is 915. The molecule has 11 heteroatoms. The SMILES string of the molecule is Cc1ccc(S[C@@H]2O[C@H](COCc3ccccc3)[C@@H](O)[C@H](O)[C@H]2NC(=O)OCC(Cl)(Cl)Cl)cc1. The van der Waals surface area contributed by atoms with Crippen LogP contribution in [0.3, 0.4) is 0 Å². The standard InChI is InChI=1S/C23H26Cl3NO6S/c1-14-7-9-16(10-8-14)34-21-18(27-22(30)32-13-23(24,25)26)20(29)19(28)17(33-21)12-31-11-15-5-3-2-4-6-15/h2-10,17-21,28-29H,11-13H2,1H3,(H,27,30)/t17-,18-,19-,20-,21+/m1/s1. The number of rotatable bonds is 8. The quantitative estimate of drug-likeness (QED) is 0.424. The van der Waals surface area contributed by atoms with E-state index < -0.39 is 46.3 Å². The van der Waals surface area contributed by atoms with Crippen LogP contribution < -0.4 is 5.32 Å². The number of carbonyl (C=O) groups is 1. The van der Waals surface area contributed by atoms with E-state index in [1.54, 1.807) is 0 Å². The number of aliphatic hydroxyl groups is 2. The number of hydrogen-bond donors (Lipinski definition) is 3. The molecular formula is C23H26Cl3NO6S. The molecule has 3 rings (SSSR count). The van der Waals surface area contributed by atoms with E-state index in [-0.39, 0.29) is 6.61 Å². The van der Waals surface area contributed by atoms with Crippen molar-refractivity contribution in [2.75, 3.05) is 13.2 Å². The lowest BCUT2D eigenvalue weighted by Gasteiger charge is -2.42. The first-order valence-electron chi connectivity index (χ1n) is 10.5. The molecule has 0 saturated carbocycles. The first kappa shape index (κ1) is 27.4.